The van der Waals surface area contributed by atoms with E-state index < -0.39 is 0 Å². The van der Waals surface area contributed by atoms with E-state index in [4.69, 9.17) is 0 Å². The van der Waals surface area contributed by atoms with Crippen LogP contribution in [-0.2, 0) is 6.54 Å². The third kappa shape index (κ3) is 4.14. The van der Waals surface area contributed by atoms with Crippen molar-refractivity contribution in [2.24, 2.45) is 0 Å². The Bertz CT molecular complexity index is 1150. The summed E-state index contributed by atoms with van der Waals surface area (Å²) in [5.74, 6) is -0.217. The fourth-order valence-electron chi connectivity index (χ4n) is 3.15. The molecule has 0 fully saturated rings. The van der Waals surface area contributed by atoms with Gasteiger partial charge in [0.1, 0.15) is 5.69 Å². The number of fused-ring (bicyclic) bond motifs is 1. The van der Waals surface area contributed by atoms with Crippen LogP contribution >= 0.6 is 0 Å². The normalized spacial score (nSPS) is 12.1. The molecule has 2 heterocycles. The van der Waals surface area contributed by atoms with Gasteiger partial charge in [0.15, 0.2) is 0 Å². The number of carbonyl (C=O) groups is 1. The van der Waals surface area contributed by atoms with Crippen LogP contribution in [0.1, 0.15) is 22.8 Å². The van der Waals surface area contributed by atoms with Gasteiger partial charge in [0.25, 0.3) is 5.91 Å². The summed E-state index contributed by atoms with van der Waals surface area (Å²) in [5.41, 5.74) is 3.12. The van der Waals surface area contributed by atoms with Crippen LogP contribution in [0.25, 0.3) is 22.0 Å². The minimum Gasteiger partial charge on any atom is -0.394 e. The monoisotopic (exact) mass is 387 g/mol. The summed E-state index contributed by atoms with van der Waals surface area (Å²) < 4.78 is 1.72. The van der Waals surface area contributed by atoms with E-state index in [0.717, 1.165) is 27.6 Å². The summed E-state index contributed by atoms with van der Waals surface area (Å²) in [6, 6.07) is 15.1. The second-order valence-corrected chi connectivity index (χ2v) is 6.95. The number of hydrogen-bond donors (Lipinski definition) is 2. The van der Waals surface area contributed by atoms with Crippen molar-refractivity contribution in [1.29, 1.82) is 0 Å². The highest BCUT2D eigenvalue weighted by atomic mass is 16.3. The van der Waals surface area contributed by atoms with Gasteiger partial charge in [-0.15, -0.1) is 5.10 Å². The van der Waals surface area contributed by atoms with Crippen LogP contribution in [-0.4, -0.2) is 43.6 Å². The quantitative estimate of drug-likeness (QED) is 0.531. The number of nitrogens with zero attached hydrogens (tertiary/aromatic N) is 4. The zero-order valence-electron chi connectivity index (χ0n) is 16.0. The molecule has 29 heavy (non-hydrogen) atoms. The van der Waals surface area contributed by atoms with E-state index in [1.807, 2.05) is 48.8 Å². The van der Waals surface area contributed by atoms with Gasteiger partial charge >= 0.3 is 0 Å². The van der Waals surface area contributed by atoms with Crippen molar-refractivity contribution < 1.29 is 9.90 Å². The van der Waals surface area contributed by atoms with Gasteiger partial charge in [-0.2, -0.15) is 0 Å². The first-order valence-electron chi connectivity index (χ1n) is 9.38. The number of rotatable bonds is 6. The SMILES string of the molecule is CC(CO)NC(=O)c1ccccc1Cn1cc(-c2ccc3cnccc3c2)nn1. The first-order chi connectivity index (χ1) is 14.1. The first-order valence-corrected chi connectivity index (χ1v) is 9.38. The fraction of sp³-hybridized carbons (Fsp3) is 0.182. The van der Waals surface area contributed by atoms with Gasteiger partial charge in [-0.1, -0.05) is 35.5 Å². The molecule has 7 heteroatoms. The standard InChI is InChI=1S/C22H21N5O2/c1-15(14-28)24-22(29)20-5-3-2-4-19(20)12-27-13-21(25-26-27)17-6-7-18-11-23-9-8-16(18)10-17/h2-11,13,15,28H,12,14H2,1H3,(H,24,29). The van der Waals surface area contributed by atoms with E-state index in [-0.39, 0.29) is 18.6 Å². The molecule has 0 spiro atoms. The van der Waals surface area contributed by atoms with Crippen LogP contribution in [0, 0.1) is 0 Å². The molecule has 1 unspecified atom stereocenters. The van der Waals surface area contributed by atoms with Gasteiger partial charge < -0.3 is 10.4 Å². The van der Waals surface area contributed by atoms with Gasteiger partial charge in [-0.25, -0.2) is 4.68 Å². The van der Waals surface area contributed by atoms with Crippen molar-refractivity contribution in [3.63, 3.8) is 0 Å². The maximum Gasteiger partial charge on any atom is 0.251 e. The predicted octanol–water partition coefficient (Wildman–Crippen LogP) is 2.65. The van der Waals surface area contributed by atoms with Gasteiger partial charge in [0.05, 0.1) is 19.3 Å². The van der Waals surface area contributed by atoms with Crippen molar-refractivity contribution in [1.82, 2.24) is 25.3 Å². The second kappa shape index (κ2) is 8.20. The van der Waals surface area contributed by atoms with E-state index in [9.17, 15) is 9.90 Å². The van der Waals surface area contributed by atoms with Crippen LogP contribution in [0.4, 0.5) is 0 Å². The molecule has 0 aliphatic heterocycles. The summed E-state index contributed by atoms with van der Waals surface area (Å²) in [5, 5.41) is 22.6. The number of benzene rings is 2. The Hall–Kier alpha value is -3.58. The Kier molecular flexibility index (Phi) is 5.31. The highest BCUT2D eigenvalue weighted by Gasteiger charge is 2.14. The molecule has 7 nitrogen and oxygen atoms in total. The molecular weight excluding hydrogens is 366 g/mol. The summed E-state index contributed by atoms with van der Waals surface area (Å²) in [6.45, 7) is 2.06. The van der Waals surface area contributed by atoms with Crippen LogP contribution in [0.2, 0.25) is 0 Å². The first kappa shape index (κ1) is 18.8. The number of hydrogen-bond acceptors (Lipinski definition) is 5. The second-order valence-electron chi connectivity index (χ2n) is 6.95. The van der Waals surface area contributed by atoms with Crippen molar-refractivity contribution in [3.8, 4) is 11.3 Å². The van der Waals surface area contributed by atoms with Gasteiger partial charge in [0, 0.05) is 34.9 Å². The zero-order chi connectivity index (χ0) is 20.2. The number of aromatic nitrogens is 4. The fourth-order valence-corrected chi connectivity index (χ4v) is 3.15. The van der Waals surface area contributed by atoms with Crippen LogP contribution < -0.4 is 5.32 Å². The highest BCUT2D eigenvalue weighted by molar-refractivity contribution is 5.95. The van der Waals surface area contributed by atoms with E-state index in [1.165, 1.54) is 0 Å². The van der Waals surface area contributed by atoms with Crippen LogP contribution in [0.5, 0.6) is 0 Å². The van der Waals surface area contributed by atoms with Crippen molar-refractivity contribution in [3.05, 3.63) is 78.2 Å². The number of pyridine rings is 1. The number of carbonyl (C=O) groups excluding carboxylic acids is 1. The molecular formula is C22H21N5O2. The molecule has 2 aromatic carbocycles. The number of aliphatic hydroxyl groups is 1. The molecule has 1 amide bonds. The molecule has 146 valence electrons. The smallest absolute Gasteiger partial charge is 0.251 e. The lowest BCUT2D eigenvalue weighted by Gasteiger charge is -2.13. The molecule has 2 N–H and O–H groups in total. The minimum absolute atomic E-state index is 0.109. The Labute approximate surface area is 168 Å². The average molecular weight is 387 g/mol. The molecule has 2 aromatic heterocycles. The Morgan fingerprint density at radius 1 is 1.17 bits per heavy atom. The molecule has 0 radical (unpaired) electrons. The number of amides is 1. The van der Waals surface area contributed by atoms with E-state index in [0.29, 0.717) is 12.1 Å². The Morgan fingerprint density at radius 3 is 2.90 bits per heavy atom. The van der Waals surface area contributed by atoms with Crippen molar-refractivity contribution in [2.75, 3.05) is 6.61 Å². The minimum atomic E-state index is -0.309. The largest absolute Gasteiger partial charge is 0.394 e. The average Bonchev–Trinajstić information content (AvgIpc) is 3.22. The molecule has 0 bridgehead atoms. The maximum atomic E-state index is 12.5. The van der Waals surface area contributed by atoms with Gasteiger partial charge in [-0.05, 0) is 36.1 Å². The van der Waals surface area contributed by atoms with E-state index >= 15 is 0 Å². The lowest BCUT2D eigenvalue weighted by atomic mass is 10.1. The Balaban J connectivity index is 1.57. The number of aliphatic hydroxyl groups excluding tert-OH is 1. The van der Waals surface area contributed by atoms with Crippen molar-refractivity contribution >= 4 is 16.7 Å². The van der Waals surface area contributed by atoms with Crippen molar-refractivity contribution in [2.45, 2.75) is 19.5 Å². The molecule has 0 saturated carbocycles. The van der Waals surface area contributed by atoms with Crippen LogP contribution in [0.3, 0.4) is 0 Å². The molecule has 0 aliphatic rings. The van der Waals surface area contributed by atoms with E-state index in [1.54, 1.807) is 23.9 Å². The lowest BCUT2D eigenvalue weighted by molar-refractivity contribution is 0.0921. The third-order valence-corrected chi connectivity index (χ3v) is 4.72. The summed E-state index contributed by atoms with van der Waals surface area (Å²) in [6.07, 6.45) is 5.46. The Morgan fingerprint density at radius 2 is 2.03 bits per heavy atom. The predicted molar refractivity (Wildman–Crippen MR) is 110 cm³/mol. The zero-order valence-corrected chi connectivity index (χ0v) is 16.0. The van der Waals surface area contributed by atoms with Crippen LogP contribution in [0.15, 0.2) is 67.1 Å². The number of nitrogens with one attached hydrogen (secondary N) is 1. The van der Waals surface area contributed by atoms with E-state index in [2.05, 4.69) is 26.7 Å². The van der Waals surface area contributed by atoms with Gasteiger partial charge in [0.2, 0.25) is 0 Å². The third-order valence-electron chi connectivity index (χ3n) is 4.72. The molecule has 4 rings (SSSR count). The highest BCUT2D eigenvalue weighted by Crippen LogP contribution is 2.22. The van der Waals surface area contributed by atoms with Gasteiger partial charge in [-0.3, -0.25) is 9.78 Å². The maximum absolute atomic E-state index is 12.5. The topological polar surface area (TPSA) is 92.9 Å². The molecule has 0 aliphatic carbocycles. The summed E-state index contributed by atoms with van der Waals surface area (Å²) in [4.78, 5) is 16.6. The summed E-state index contributed by atoms with van der Waals surface area (Å²) in [7, 11) is 0. The molecule has 1 atom stereocenters. The molecule has 4 aromatic rings. The summed E-state index contributed by atoms with van der Waals surface area (Å²) >= 11 is 0. The molecule has 0 saturated heterocycles. The lowest BCUT2D eigenvalue weighted by Crippen LogP contribution is -2.35.